The van der Waals surface area contributed by atoms with Gasteiger partial charge < -0.3 is 20.9 Å². The van der Waals surface area contributed by atoms with Crippen LogP contribution in [0.3, 0.4) is 0 Å². The Balaban J connectivity index is 1.28. The summed E-state index contributed by atoms with van der Waals surface area (Å²) in [6.07, 6.45) is 2.56. The monoisotopic (exact) mass is 459 g/mol. The lowest BCUT2D eigenvalue weighted by Crippen LogP contribution is -2.38. The highest BCUT2D eigenvalue weighted by atomic mass is 16.2. The molecule has 0 unspecified atom stereocenters. The third kappa shape index (κ3) is 4.00. The van der Waals surface area contributed by atoms with Gasteiger partial charge in [-0.25, -0.2) is 9.69 Å². The molecule has 2 aliphatic rings. The number of benzene rings is 2. The van der Waals surface area contributed by atoms with Crippen molar-refractivity contribution in [1.82, 2.24) is 15.6 Å². The van der Waals surface area contributed by atoms with Crippen LogP contribution >= 0.6 is 0 Å². The molecule has 1 fully saturated rings. The van der Waals surface area contributed by atoms with Crippen molar-refractivity contribution < 1.29 is 19.2 Å². The Morgan fingerprint density at radius 1 is 1.12 bits per heavy atom. The van der Waals surface area contributed by atoms with E-state index in [1.54, 1.807) is 24.3 Å². The van der Waals surface area contributed by atoms with Crippen molar-refractivity contribution in [3.63, 3.8) is 0 Å². The molecule has 2 atom stereocenters. The van der Waals surface area contributed by atoms with Gasteiger partial charge in [-0.15, -0.1) is 0 Å². The number of amides is 5. The second-order valence-electron chi connectivity index (χ2n) is 8.69. The van der Waals surface area contributed by atoms with E-state index in [1.807, 2.05) is 18.2 Å². The van der Waals surface area contributed by atoms with Crippen LogP contribution in [-0.4, -0.2) is 34.8 Å². The Hall–Kier alpha value is -4.14. The van der Waals surface area contributed by atoms with Gasteiger partial charge in [0.2, 0.25) is 11.8 Å². The summed E-state index contributed by atoms with van der Waals surface area (Å²) in [7, 11) is 0. The molecule has 1 aliphatic carbocycles. The normalized spacial score (nSPS) is 19.6. The minimum atomic E-state index is -0.956. The first-order chi connectivity index (χ1) is 16.4. The molecule has 0 spiro atoms. The number of nitrogens with one attached hydrogen (secondary N) is 4. The molecule has 5 amide bonds. The van der Waals surface area contributed by atoms with Crippen LogP contribution in [0.2, 0.25) is 0 Å². The van der Waals surface area contributed by atoms with Crippen LogP contribution in [0.5, 0.6) is 0 Å². The first kappa shape index (κ1) is 21.7. The van der Waals surface area contributed by atoms with E-state index in [2.05, 4.69) is 27.0 Å². The molecule has 34 heavy (non-hydrogen) atoms. The Labute approximate surface area is 195 Å². The number of aromatic nitrogens is 1. The van der Waals surface area contributed by atoms with Crippen molar-refractivity contribution in [3.05, 3.63) is 59.8 Å². The maximum absolute atomic E-state index is 13.0. The molecule has 3 aromatic rings. The largest absolute Gasteiger partial charge is 0.356 e. The van der Waals surface area contributed by atoms with Crippen molar-refractivity contribution in [2.75, 3.05) is 10.2 Å². The molecule has 9 nitrogen and oxygen atoms in total. The first-order valence-electron chi connectivity index (χ1n) is 11.3. The van der Waals surface area contributed by atoms with Crippen molar-refractivity contribution in [2.45, 2.75) is 44.7 Å². The van der Waals surface area contributed by atoms with Gasteiger partial charge in [0.1, 0.15) is 6.04 Å². The van der Waals surface area contributed by atoms with Crippen molar-refractivity contribution >= 4 is 46.0 Å². The summed E-state index contributed by atoms with van der Waals surface area (Å²) in [4.78, 5) is 54.1. The number of aromatic amines is 1. The van der Waals surface area contributed by atoms with E-state index < -0.39 is 18.0 Å². The number of rotatable bonds is 5. The summed E-state index contributed by atoms with van der Waals surface area (Å²) in [6.45, 7) is 1.38. The van der Waals surface area contributed by atoms with Crippen molar-refractivity contribution in [3.8, 4) is 0 Å². The van der Waals surface area contributed by atoms with Gasteiger partial charge >= 0.3 is 6.03 Å². The molecular weight excluding hydrogens is 434 g/mol. The van der Waals surface area contributed by atoms with Crippen LogP contribution < -0.4 is 20.9 Å². The third-order valence-corrected chi connectivity index (χ3v) is 6.28. The lowest BCUT2D eigenvalue weighted by Gasteiger charge is -2.24. The molecule has 174 valence electrons. The second-order valence-corrected chi connectivity index (χ2v) is 8.69. The van der Waals surface area contributed by atoms with Crippen molar-refractivity contribution in [1.29, 1.82) is 0 Å². The fourth-order valence-corrected chi connectivity index (χ4v) is 4.84. The number of nitrogens with zero attached hydrogens (tertiary/aromatic N) is 1. The number of para-hydroxylation sites is 1. The van der Waals surface area contributed by atoms with Crippen LogP contribution in [0.15, 0.2) is 48.5 Å². The van der Waals surface area contributed by atoms with Gasteiger partial charge in [0.05, 0.1) is 18.2 Å². The van der Waals surface area contributed by atoms with Crippen LogP contribution in [0.4, 0.5) is 16.2 Å². The number of carbonyl (C=O) groups excluding carboxylic acids is 4. The van der Waals surface area contributed by atoms with E-state index in [0.29, 0.717) is 11.4 Å². The van der Waals surface area contributed by atoms with E-state index in [1.165, 1.54) is 17.9 Å². The zero-order chi connectivity index (χ0) is 23.8. The summed E-state index contributed by atoms with van der Waals surface area (Å²) in [6, 6.07) is 12.8. The molecule has 0 bridgehead atoms. The summed E-state index contributed by atoms with van der Waals surface area (Å²) in [5.74, 6) is -1.07. The third-order valence-electron chi connectivity index (χ3n) is 6.28. The second kappa shape index (κ2) is 8.66. The molecule has 2 aromatic carbocycles. The average molecular weight is 460 g/mol. The predicted molar refractivity (Wildman–Crippen MR) is 127 cm³/mol. The summed E-state index contributed by atoms with van der Waals surface area (Å²) in [5.41, 5.74) is 4.08. The summed E-state index contributed by atoms with van der Waals surface area (Å²) >= 11 is 0. The Kier molecular flexibility index (Phi) is 5.53. The number of aryl methyl sites for hydroxylation is 1. The number of anilines is 2. The van der Waals surface area contributed by atoms with Gasteiger partial charge in [0.15, 0.2) is 0 Å². The fraction of sp³-hybridized carbons (Fsp3) is 0.280. The maximum atomic E-state index is 13.0. The van der Waals surface area contributed by atoms with Gasteiger partial charge in [-0.2, -0.15) is 0 Å². The van der Waals surface area contributed by atoms with Gasteiger partial charge in [0.25, 0.3) is 5.91 Å². The number of hydrogen-bond acceptors (Lipinski definition) is 4. The zero-order valence-corrected chi connectivity index (χ0v) is 18.7. The molecule has 1 aliphatic heterocycles. The number of hydrogen-bond donors (Lipinski definition) is 4. The SMILES string of the molecule is CC(=O)Nc1cccc(N2C(=O)N[C@H](CC(=O)N[C@@H]3CCCc4c3[nH]c3ccccc43)C2=O)c1. The van der Waals surface area contributed by atoms with Crippen LogP contribution in [0.25, 0.3) is 10.9 Å². The van der Waals surface area contributed by atoms with E-state index in [4.69, 9.17) is 0 Å². The van der Waals surface area contributed by atoms with E-state index >= 15 is 0 Å². The quantitative estimate of drug-likeness (QED) is 0.438. The Morgan fingerprint density at radius 3 is 2.76 bits per heavy atom. The highest BCUT2D eigenvalue weighted by Gasteiger charge is 2.40. The minimum Gasteiger partial charge on any atom is -0.356 e. The van der Waals surface area contributed by atoms with E-state index in [9.17, 15) is 19.2 Å². The standard InChI is InChI=1S/C25H25N5O4/c1-14(31)26-15-6-4-7-16(12-15)30-24(33)21(29-25(30)34)13-22(32)27-20-11-5-9-18-17-8-2-3-10-19(17)28-23(18)20/h2-4,6-8,10,12,20-21,28H,5,9,11,13H2,1H3,(H,26,31)(H,27,32)(H,29,34)/t20-,21-/m1/s1. The highest BCUT2D eigenvalue weighted by molar-refractivity contribution is 6.22. The highest BCUT2D eigenvalue weighted by Crippen LogP contribution is 2.34. The Morgan fingerprint density at radius 2 is 1.94 bits per heavy atom. The zero-order valence-electron chi connectivity index (χ0n) is 18.7. The van der Waals surface area contributed by atoms with E-state index in [-0.39, 0.29) is 24.3 Å². The Bertz CT molecular complexity index is 1310. The molecule has 2 heterocycles. The molecule has 0 saturated carbocycles. The average Bonchev–Trinajstić information content (AvgIpc) is 3.31. The minimum absolute atomic E-state index is 0.154. The van der Waals surface area contributed by atoms with Crippen molar-refractivity contribution in [2.24, 2.45) is 0 Å². The summed E-state index contributed by atoms with van der Waals surface area (Å²) in [5, 5.41) is 9.45. The first-order valence-corrected chi connectivity index (χ1v) is 11.3. The lowest BCUT2D eigenvalue weighted by molar-refractivity contribution is -0.126. The van der Waals surface area contributed by atoms with Crippen LogP contribution in [-0.2, 0) is 20.8 Å². The topological polar surface area (TPSA) is 123 Å². The number of carbonyl (C=O) groups is 4. The smallest absolute Gasteiger partial charge is 0.329 e. The molecular formula is C25H25N5O4. The van der Waals surface area contributed by atoms with Gasteiger partial charge in [-0.05, 0) is 49.1 Å². The number of imide groups is 1. The molecule has 0 radical (unpaired) electrons. The van der Waals surface area contributed by atoms with Gasteiger partial charge in [-0.3, -0.25) is 14.4 Å². The molecule has 9 heteroatoms. The summed E-state index contributed by atoms with van der Waals surface area (Å²) < 4.78 is 0. The molecule has 1 aromatic heterocycles. The predicted octanol–water partition coefficient (Wildman–Crippen LogP) is 3.14. The number of H-pyrrole nitrogens is 1. The van der Waals surface area contributed by atoms with E-state index in [0.717, 1.165) is 35.4 Å². The number of urea groups is 1. The molecule has 1 saturated heterocycles. The van der Waals surface area contributed by atoms with Gasteiger partial charge in [0, 0.05) is 29.2 Å². The van der Waals surface area contributed by atoms with Crippen LogP contribution in [0.1, 0.15) is 43.5 Å². The molecule has 4 N–H and O–H groups in total. The van der Waals surface area contributed by atoms with Crippen LogP contribution in [0, 0.1) is 0 Å². The maximum Gasteiger partial charge on any atom is 0.329 e. The fourth-order valence-electron chi connectivity index (χ4n) is 4.84. The molecule has 5 rings (SSSR count). The number of fused-ring (bicyclic) bond motifs is 3. The lowest BCUT2D eigenvalue weighted by atomic mass is 9.91. The van der Waals surface area contributed by atoms with Gasteiger partial charge in [-0.1, -0.05) is 24.3 Å².